The van der Waals surface area contributed by atoms with E-state index < -0.39 is 0 Å². The van der Waals surface area contributed by atoms with Crippen LogP contribution >= 0.6 is 0 Å². The minimum Gasteiger partial charge on any atom is -0.464 e. The Balaban J connectivity index is 1.82. The fourth-order valence-corrected chi connectivity index (χ4v) is 2.68. The molecule has 118 valence electrons. The Kier molecular flexibility index (Phi) is 3.27. The summed E-state index contributed by atoms with van der Waals surface area (Å²) in [5.74, 6) is 1.05. The molecule has 0 aliphatic rings. The summed E-state index contributed by atoms with van der Waals surface area (Å²) in [5, 5.41) is 8.88. The highest BCUT2D eigenvalue weighted by Gasteiger charge is 2.12. The number of benzene rings is 2. The number of rotatable bonds is 3. The van der Waals surface area contributed by atoms with Crippen molar-refractivity contribution in [2.75, 3.05) is 0 Å². The Morgan fingerprint density at radius 1 is 1.00 bits per heavy atom. The predicted molar refractivity (Wildman–Crippen MR) is 89.7 cm³/mol. The molecule has 2 aromatic carbocycles. The van der Waals surface area contributed by atoms with Crippen molar-refractivity contribution in [3.8, 4) is 22.6 Å². The summed E-state index contributed by atoms with van der Waals surface area (Å²) in [6.07, 6.45) is 1.72. The van der Waals surface area contributed by atoms with Gasteiger partial charge in [0.15, 0.2) is 5.78 Å². The lowest BCUT2D eigenvalue weighted by atomic mass is 10.0. The predicted octanol–water partition coefficient (Wildman–Crippen LogP) is 4.66. The van der Waals surface area contributed by atoms with Crippen LogP contribution in [0.1, 0.15) is 23.2 Å². The summed E-state index contributed by atoms with van der Waals surface area (Å²) in [4.78, 5) is 11.4. The van der Waals surface area contributed by atoms with Crippen molar-refractivity contribution in [1.82, 2.24) is 10.2 Å². The standard InChI is InChI=1S/C19H14N2O3/c1-11(22)13-3-5-14(6-4-13)17-10-23-18-8-7-15(9-16(17)18)19-21-20-12(2)24-19/h3-10H,1-2H3. The number of hydrogen-bond acceptors (Lipinski definition) is 5. The van der Waals surface area contributed by atoms with Gasteiger partial charge in [-0.1, -0.05) is 24.3 Å². The number of hydrogen-bond donors (Lipinski definition) is 0. The number of aryl methyl sites for hydroxylation is 1. The molecule has 0 aliphatic carbocycles. The van der Waals surface area contributed by atoms with Crippen LogP contribution in [0.2, 0.25) is 0 Å². The zero-order valence-electron chi connectivity index (χ0n) is 13.2. The molecule has 0 spiro atoms. The fraction of sp³-hybridized carbons (Fsp3) is 0.105. The van der Waals surface area contributed by atoms with Gasteiger partial charge in [-0.15, -0.1) is 10.2 Å². The van der Waals surface area contributed by atoms with E-state index in [0.717, 1.165) is 27.7 Å². The van der Waals surface area contributed by atoms with Gasteiger partial charge in [-0.2, -0.15) is 0 Å². The van der Waals surface area contributed by atoms with Gasteiger partial charge < -0.3 is 8.83 Å². The van der Waals surface area contributed by atoms with Crippen LogP contribution in [0.15, 0.2) is 57.6 Å². The van der Waals surface area contributed by atoms with E-state index in [1.807, 2.05) is 42.5 Å². The van der Waals surface area contributed by atoms with Crippen LogP contribution in [-0.2, 0) is 0 Å². The quantitative estimate of drug-likeness (QED) is 0.514. The molecule has 0 fully saturated rings. The lowest BCUT2D eigenvalue weighted by Crippen LogP contribution is -1.90. The van der Waals surface area contributed by atoms with Crippen molar-refractivity contribution >= 4 is 16.8 Å². The highest BCUT2D eigenvalue weighted by atomic mass is 16.4. The Labute approximate surface area is 137 Å². The largest absolute Gasteiger partial charge is 0.464 e. The second-order valence-corrected chi connectivity index (χ2v) is 5.62. The third-order valence-corrected chi connectivity index (χ3v) is 3.95. The molecule has 5 heteroatoms. The summed E-state index contributed by atoms with van der Waals surface area (Å²) in [6.45, 7) is 3.32. The van der Waals surface area contributed by atoms with Crippen LogP contribution < -0.4 is 0 Å². The third kappa shape index (κ3) is 2.40. The lowest BCUT2D eigenvalue weighted by molar-refractivity contribution is 0.101. The van der Waals surface area contributed by atoms with Gasteiger partial charge in [0.05, 0.1) is 6.26 Å². The molecule has 0 saturated heterocycles. The number of carbonyl (C=O) groups excluding carboxylic acids is 1. The van der Waals surface area contributed by atoms with E-state index in [4.69, 9.17) is 8.83 Å². The zero-order valence-corrected chi connectivity index (χ0v) is 13.2. The number of ketones is 1. The number of fused-ring (bicyclic) bond motifs is 1. The molecule has 0 saturated carbocycles. The van der Waals surface area contributed by atoms with Crippen molar-refractivity contribution in [3.05, 3.63) is 60.2 Å². The van der Waals surface area contributed by atoms with Crippen LogP contribution in [0.3, 0.4) is 0 Å². The average molecular weight is 318 g/mol. The van der Waals surface area contributed by atoms with E-state index in [1.165, 1.54) is 0 Å². The number of nitrogens with zero attached hydrogens (tertiary/aromatic N) is 2. The Hall–Kier alpha value is -3.21. The monoisotopic (exact) mass is 318 g/mol. The maximum atomic E-state index is 11.4. The SMILES string of the molecule is CC(=O)c1ccc(-c2coc3ccc(-c4nnc(C)o4)cc23)cc1. The van der Waals surface area contributed by atoms with Crippen molar-refractivity contribution in [1.29, 1.82) is 0 Å². The lowest BCUT2D eigenvalue weighted by Gasteiger charge is -2.01. The summed E-state index contributed by atoms with van der Waals surface area (Å²) in [7, 11) is 0. The van der Waals surface area contributed by atoms with Crippen LogP contribution in [0.4, 0.5) is 0 Å². The van der Waals surface area contributed by atoms with Gasteiger partial charge in [0.25, 0.3) is 0 Å². The van der Waals surface area contributed by atoms with E-state index in [2.05, 4.69) is 10.2 Å². The second kappa shape index (κ2) is 5.45. The first kappa shape index (κ1) is 14.4. The van der Waals surface area contributed by atoms with E-state index in [1.54, 1.807) is 20.1 Å². The van der Waals surface area contributed by atoms with E-state index >= 15 is 0 Å². The molecule has 0 atom stereocenters. The maximum Gasteiger partial charge on any atom is 0.247 e. The summed E-state index contributed by atoms with van der Waals surface area (Å²) in [5.41, 5.74) is 4.25. The highest BCUT2D eigenvalue weighted by molar-refractivity contribution is 5.98. The molecular formula is C19H14N2O3. The molecule has 24 heavy (non-hydrogen) atoms. The Bertz CT molecular complexity index is 1040. The topological polar surface area (TPSA) is 69.1 Å². The molecule has 2 aromatic heterocycles. The van der Waals surface area contributed by atoms with Gasteiger partial charge in [-0.05, 0) is 30.7 Å². The summed E-state index contributed by atoms with van der Waals surface area (Å²) in [6, 6.07) is 13.2. The Morgan fingerprint density at radius 2 is 1.75 bits per heavy atom. The summed E-state index contributed by atoms with van der Waals surface area (Å²) >= 11 is 0. The zero-order chi connectivity index (χ0) is 16.7. The highest BCUT2D eigenvalue weighted by Crippen LogP contribution is 2.33. The van der Waals surface area contributed by atoms with E-state index in [9.17, 15) is 4.79 Å². The first-order valence-corrected chi connectivity index (χ1v) is 7.55. The molecule has 0 N–H and O–H groups in total. The van der Waals surface area contributed by atoms with Crippen LogP contribution in [-0.4, -0.2) is 16.0 Å². The molecule has 5 nitrogen and oxygen atoms in total. The third-order valence-electron chi connectivity index (χ3n) is 3.95. The average Bonchev–Trinajstić information content (AvgIpc) is 3.20. The minimum absolute atomic E-state index is 0.0488. The number of Topliss-reactive ketones (excluding diaryl/α,β-unsaturated/α-hetero) is 1. The van der Waals surface area contributed by atoms with Gasteiger partial charge in [-0.3, -0.25) is 4.79 Å². The van der Waals surface area contributed by atoms with E-state index in [-0.39, 0.29) is 5.78 Å². The molecule has 4 aromatic rings. The normalized spacial score (nSPS) is 11.1. The first-order valence-electron chi connectivity index (χ1n) is 7.55. The minimum atomic E-state index is 0.0488. The molecule has 0 aliphatic heterocycles. The van der Waals surface area contributed by atoms with E-state index in [0.29, 0.717) is 17.3 Å². The smallest absolute Gasteiger partial charge is 0.247 e. The van der Waals surface area contributed by atoms with Crippen LogP contribution in [0, 0.1) is 6.92 Å². The number of furan rings is 1. The van der Waals surface area contributed by atoms with Gasteiger partial charge in [-0.25, -0.2) is 0 Å². The molecule has 2 heterocycles. The number of aromatic nitrogens is 2. The summed E-state index contributed by atoms with van der Waals surface area (Å²) < 4.78 is 11.1. The maximum absolute atomic E-state index is 11.4. The number of carbonyl (C=O) groups is 1. The second-order valence-electron chi connectivity index (χ2n) is 5.62. The molecule has 4 rings (SSSR count). The molecular weight excluding hydrogens is 304 g/mol. The molecule has 0 unspecified atom stereocenters. The van der Waals surface area contributed by atoms with Gasteiger partial charge >= 0.3 is 0 Å². The van der Waals surface area contributed by atoms with Gasteiger partial charge in [0.1, 0.15) is 5.58 Å². The van der Waals surface area contributed by atoms with Crippen molar-refractivity contribution < 1.29 is 13.6 Å². The molecule has 0 radical (unpaired) electrons. The molecule has 0 amide bonds. The van der Waals surface area contributed by atoms with Crippen molar-refractivity contribution in [2.45, 2.75) is 13.8 Å². The molecule has 0 bridgehead atoms. The van der Waals surface area contributed by atoms with Crippen molar-refractivity contribution in [3.63, 3.8) is 0 Å². The fourth-order valence-electron chi connectivity index (χ4n) is 2.68. The van der Waals surface area contributed by atoms with Crippen molar-refractivity contribution in [2.24, 2.45) is 0 Å². The van der Waals surface area contributed by atoms with Gasteiger partial charge in [0.2, 0.25) is 11.8 Å². The Morgan fingerprint density at radius 3 is 2.42 bits per heavy atom. The van der Waals surface area contributed by atoms with Gasteiger partial charge in [0, 0.05) is 29.0 Å². The first-order chi connectivity index (χ1) is 11.6. The van der Waals surface area contributed by atoms with Crippen LogP contribution in [0.5, 0.6) is 0 Å². The van der Waals surface area contributed by atoms with Crippen LogP contribution in [0.25, 0.3) is 33.6 Å².